The van der Waals surface area contributed by atoms with Gasteiger partial charge in [-0.25, -0.2) is 0 Å². The van der Waals surface area contributed by atoms with Crippen LogP contribution in [0.4, 0.5) is 0 Å². The molecule has 4 heteroatoms. The molecule has 1 unspecified atom stereocenters. The molecule has 4 nitrogen and oxygen atoms in total. The number of ether oxygens (including phenoxy) is 1. The Kier molecular flexibility index (Phi) is 5.46. The third-order valence-corrected chi connectivity index (χ3v) is 2.79. The number of rotatable bonds is 0. The normalized spacial score (nSPS) is 30.1. The predicted octanol–water partition coefficient (Wildman–Crippen LogP) is 1.59. The second-order valence-electron chi connectivity index (χ2n) is 4.47. The maximum absolute atomic E-state index is 11.3. The highest BCUT2D eigenvalue weighted by atomic mass is 16.5. The summed E-state index contributed by atoms with van der Waals surface area (Å²) in [5, 5.41) is 9.64. The topological polar surface area (TPSA) is 63.6 Å². The van der Waals surface area contributed by atoms with Crippen molar-refractivity contribution in [2.75, 3.05) is 0 Å². The molecule has 1 fully saturated rings. The number of ketones is 1. The Morgan fingerprint density at radius 2 is 1.94 bits per heavy atom. The first kappa shape index (κ1) is 13.2. The largest absolute Gasteiger partial charge is 0.463 e. The van der Waals surface area contributed by atoms with E-state index in [1.807, 2.05) is 0 Å². The monoisotopic (exact) mass is 228 g/mol. The number of carbonyl (C=O) groups is 2. The highest BCUT2D eigenvalue weighted by molar-refractivity contribution is 5.82. The second kappa shape index (κ2) is 6.63. The van der Waals surface area contributed by atoms with Gasteiger partial charge in [-0.1, -0.05) is 6.42 Å². The number of Topliss-reactive ketones (excluding diaryl/α,β-unsaturated/α-hetero) is 1. The molecule has 0 aromatic heterocycles. The summed E-state index contributed by atoms with van der Waals surface area (Å²) in [6.45, 7) is 1.77. The molecular weight excluding hydrogens is 208 g/mol. The van der Waals surface area contributed by atoms with Crippen molar-refractivity contribution in [3.05, 3.63) is 0 Å². The minimum atomic E-state index is -0.433. The number of esters is 1. The van der Waals surface area contributed by atoms with E-state index in [4.69, 9.17) is 4.74 Å². The number of aliphatic hydroxyl groups excluding tert-OH is 1. The van der Waals surface area contributed by atoms with Gasteiger partial charge in [0, 0.05) is 19.3 Å². The maximum Gasteiger partial charge on any atom is 0.306 e. The van der Waals surface area contributed by atoms with Crippen LogP contribution >= 0.6 is 0 Å². The van der Waals surface area contributed by atoms with Gasteiger partial charge in [0.2, 0.25) is 0 Å². The lowest BCUT2D eigenvalue weighted by molar-refractivity contribution is -0.150. The molecule has 0 amide bonds. The molecule has 0 radical (unpaired) electrons. The molecular formula is C12H20O4. The van der Waals surface area contributed by atoms with Crippen LogP contribution in [0.3, 0.4) is 0 Å². The molecule has 1 rings (SSSR count). The molecule has 1 heterocycles. The lowest BCUT2D eigenvalue weighted by Crippen LogP contribution is -2.22. The summed E-state index contributed by atoms with van der Waals surface area (Å²) in [4.78, 5) is 22.6. The first-order valence-corrected chi connectivity index (χ1v) is 5.97. The predicted molar refractivity (Wildman–Crippen MR) is 58.9 cm³/mol. The zero-order valence-electron chi connectivity index (χ0n) is 9.78. The highest BCUT2D eigenvalue weighted by Crippen LogP contribution is 2.14. The molecule has 16 heavy (non-hydrogen) atoms. The summed E-state index contributed by atoms with van der Waals surface area (Å²) in [5.74, 6) is -0.228. The first-order chi connectivity index (χ1) is 7.58. The Labute approximate surface area is 96.0 Å². The Morgan fingerprint density at radius 1 is 1.19 bits per heavy atom. The lowest BCUT2D eigenvalue weighted by Gasteiger charge is -2.18. The SMILES string of the molecule is CC1C[C@@H](O)CCCCC(=O)CCC(=O)O1. The average Bonchev–Trinajstić information content (AvgIpc) is 2.20. The van der Waals surface area contributed by atoms with E-state index >= 15 is 0 Å². The maximum atomic E-state index is 11.3. The standard InChI is InChI=1S/C12H20O4/c1-9-8-11(14)5-3-2-4-10(13)6-7-12(15)16-9/h9,11,14H,2-8H2,1H3/t9?,11-/m0/s1. The zero-order valence-corrected chi connectivity index (χ0v) is 9.78. The Bertz CT molecular complexity index is 249. The van der Waals surface area contributed by atoms with Crippen molar-refractivity contribution in [3.8, 4) is 0 Å². The lowest BCUT2D eigenvalue weighted by atomic mass is 10.0. The van der Waals surface area contributed by atoms with Gasteiger partial charge in [-0.15, -0.1) is 0 Å². The van der Waals surface area contributed by atoms with Crippen LogP contribution in [0.2, 0.25) is 0 Å². The van der Waals surface area contributed by atoms with E-state index in [2.05, 4.69) is 0 Å². The van der Waals surface area contributed by atoms with Gasteiger partial charge in [-0.2, -0.15) is 0 Å². The van der Waals surface area contributed by atoms with Gasteiger partial charge in [0.05, 0.1) is 12.5 Å². The van der Waals surface area contributed by atoms with Crippen LogP contribution in [0.1, 0.15) is 51.9 Å². The summed E-state index contributed by atoms with van der Waals surface area (Å²) in [7, 11) is 0. The zero-order chi connectivity index (χ0) is 12.0. The van der Waals surface area contributed by atoms with Crippen molar-refractivity contribution < 1.29 is 19.4 Å². The summed E-state index contributed by atoms with van der Waals surface area (Å²) >= 11 is 0. The first-order valence-electron chi connectivity index (χ1n) is 5.97. The smallest absolute Gasteiger partial charge is 0.306 e. The molecule has 92 valence electrons. The third-order valence-electron chi connectivity index (χ3n) is 2.79. The van der Waals surface area contributed by atoms with Crippen molar-refractivity contribution >= 4 is 11.8 Å². The van der Waals surface area contributed by atoms with E-state index in [9.17, 15) is 14.7 Å². The highest BCUT2D eigenvalue weighted by Gasteiger charge is 2.16. The van der Waals surface area contributed by atoms with Crippen molar-refractivity contribution in [3.63, 3.8) is 0 Å². The van der Waals surface area contributed by atoms with Crippen LogP contribution in [0.25, 0.3) is 0 Å². The molecule has 0 aliphatic carbocycles. The molecule has 1 aliphatic heterocycles. The number of hydrogen-bond acceptors (Lipinski definition) is 4. The van der Waals surface area contributed by atoms with Gasteiger partial charge >= 0.3 is 5.97 Å². The van der Waals surface area contributed by atoms with Crippen LogP contribution in [0, 0.1) is 0 Å². The molecule has 1 aliphatic rings. The van der Waals surface area contributed by atoms with Crippen LogP contribution < -0.4 is 0 Å². The van der Waals surface area contributed by atoms with Gasteiger partial charge in [0.25, 0.3) is 0 Å². The van der Waals surface area contributed by atoms with E-state index in [1.54, 1.807) is 6.92 Å². The number of cyclic esters (lactones) is 1. The Morgan fingerprint density at radius 3 is 2.69 bits per heavy atom. The molecule has 0 saturated carbocycles. The van der Waals surface area contributed by atoms with Gasteiger partial charge in [0.15, 0.2) is 0 Å². The van der Waals surface area contributed by atoms with Crippen molar-refractivity contribution in [2.24, 2.45) is 0 Å². The molecule has 0 aromatic rings. The van der Waals surface area contributed by atoms with Crippen LogP contribution in [0.15, 0.2) is 0 Å². The average molecular weight is 228 g/mol. The summed E-state index contributed by atoms with van der Waals surface area (Å²) in [6.07, 6.45) is 3.08. The van der Waals surface area contributed by atoms with Crippen LogP contribution in [-0.2, 0) is 14.3 Å². The molecule has 1 N–H and O–H groups in total. The van der Waals surface area contributed by atoms with E-state index in [1.165, 1.54) is 0 Å². The summed E-state index contributed by atoms with van der Waals surface area (Å²) in [5.41, 5.74) is 0. The summed E-state index contributed by atoms with van der Waals surface area (Å²) < 4.78 is 5.09. The quantitative estimate of drug-likeness (QED) is 0.639. The molecule has 0 aromatic carbocycles. The van der Waals surface area contributed by atoms with E-state index in [-0.39, 0.29) is 30.7 Å². The number of carbonyl (C=O) groups excluding carboxylic acids is 2. The third kappa shape index (κ3) is 5.26. The second-order valence-corrected chi connectivity index (χ2v) is 4.47. The van der Waals surface area contributed by atoms with E-state index in [0.29, 0.717) is 19.3 Å². The van der Waals surface area contributed by atoms with Gasteiger partial charge in [0.1, 0.15) is 11.9 Å². The number of hydrogen-bond donors (Lipinski definition) is 1. The van der Waals surface area contributed by atoms with E-state index < -0.39 is 6.10 Å². The van der Waals surface area contributed by atoms with Crippen molar-refractivity contribution in [1.29, 1.82) is 0 Å². The van der Waals surface area contributed by atoms with E-state index in [0.717, 1.165) is 12.8 Å². The fraction of sp³-hybridized carbons (Fsp3) is 0.833. The fourth-order valence-electron chi connectivity index (χ4n) is 1.90. The van der Waals surface area contributed by atoms with Crippen molar-refractivity contribution in [2.45, 2.75) is 64.1 Å². The number of aliphatic hydroxyl groups is 1. The molecule has 1 saturated heterocycles. The van der Waals surface area contributed by atoms with Crippen molar-refractivity contribution in [1.82, 2.24) is 0 Å². The van der Waals surface area contributed by atoms with Gasteiger partial charge in [-0.05, 0) is 19.8 Å². The Balaban J connectivity index is 2.47. The van der Waals surface area contributed by atoms with Gasteiger partial charge < -0.3 is 9.84 Å². The van der Waals surface area contributed by atoms with Gasteiger partial charge in [-0.3, -0.25) is 9.59 Å². The molecule has 2 atom stereocenters. The summed E-state index contributed by atoms with van der Waals surface area (Å²) in [6, 6.07) is 0. The van der Waals surface area contributed by atoms with Crippen LogP contribution in [0.5, 0.6) is 0 Å². The Hall–Kier alpha value is -0.900. The molecule has 0 spiro atoms. The minimum absolute atomic E-state index is 0.111. The molecule has 0 bridgehead atoms. The van der Waals surface area contributed by atoms with Crippen LogP contribution in [-0.4, -0.2) is 29.1 Å². The fourth-order valence-corrected chi connectivity index (χ4v) is 1.90. The minimum Gasteiger partial charge on any atom is -0.463 e.